The van der Waals surface area contributed by atoms with E-state index in [1.807, 2.05) is 60.8 Å². The third-order valence-electron chi connectivity index (χ3n) is 8.47. The molecular formula is C33H30FN7O2. The normalized spacial score (nSPS) is 17.3. The largest absolute Gasteiger partial charge is 0.480 e. The van der Waals surface area contributed by atoms with Crippen LogP contribution in [0.15, 0.2) is 79.1 Å². The number of halogens is 1. The van der Waals surface area contributed by atoms with Crippen LogP contribution in [-0.4, -0.2) is 76.2 Å². The minimum atomic E-state index is -0.344. The van der Waals surface area contributed by atoms with E-state index in [1.165, 1.54) is 0 Å². The molecule has 43 heavy (non-hydrogen) atoms. The average molecular weight is 576 g/mol. The van der Waals surface area contributed by atoms with Crippen LogP contribution in [0.1, 0.15) is 11.8 Å². The van der Waals surface area contributed by atoms with Crippen LogP contribution < -0.4 is 9.64 Å². The van der Waals surface area contributed by atoms with Crippen molar-refractivity contribution in [1.29, 1.82) is 0 Å². The van der Waals surface area contributed by atoms with Crippen molar-refractivity contribution in [3.63, 3.8) is 0 Å². The molecule has 1 unspecified atom stereocenters. The Hall–Kier alpha value is -4.80. The van der Waals surface area contributed by atoms with Crippen molar-refractivity contribution in [2.45, 2.75) is 6.10 Å². The van der Waals surface area contributed by atoms with Gasteiger partial charge < -0.3 is 14.4 Å². The molecule has 0 bridgehead atoms. The molecule has 2 N–H and O–H groups in total. The summed E-state index contributed by atoms with van der Waals surface area (Å²) in [5.41, 5.74) is 6.50. The lowest BCUT2D eigenvalue weighted by Crippen LogP contribution is -2.44. The van der Waals surface area contributed by atoms with Gasteiger partial charge in [0.2, 0.25) is 0 Å². The zero-order chi connectivity index (χ0) is 28.8. The zero-order valence-corrected chi connectivity index (χ0v) is 23.5. The first kappa shape index (κ1) is 25.9. The second-order valence-electron chi connectivity index (χ2n) is 11.0. The van der Waals surface area contributed by atoms with Crippen molar-refractivity contribution < 1.29 is 13.9 Å². The Bertz CT molecular complexity index is 1930. The van der Waals surface area contributed by atoms with Crippen LogP contribution in [0.5, 0.6) is 5.75 Å². The van der Waals surface area contributed by atoms with Crippen molar-refractivity contribution in [1.82, 2.24) is 30.3 Å². The molecule has 8 rings (SSSR count). The number of anilines is 1. The number of fused-ring (bicyclic) bond motifs is 3. The Morgan fingerprint density at radius 3 is 2.33 bits per heavy atom. The van der Waals surface area contributed by atoms with Crippen LogP contribution in [-0.2, 0) is 4.74 Å². The minimum Gasteiger partial charge on any atom is -0.480 e. The maximum absolute atomic E-state index is 15.9. The summed E-state index contributed by atoms with van der Waals surface area (Å²) in [6.45, 7) is 5.40. The van der Waals surface area contributed by atoms with E-state index in [2.05, 4.69) is 36.3 Å². The van der Waals surface area contributed by atoms with Gasteiger partial charge in [-0.15, -0.1) is 0 Å². The van der Waals surface area contributed by atoms with Crippen molar-refractivity contribution in [3.8, 4) is 28.1 Å². The molecule has 6 aromatic rings. The van der Waals surface area contributed by atoms with E-state index in [1.54, 1.807) is 12.3 Å². The molecule has 0 saturated carbocycles. The number of rotatable bonds is 6. The maximum Gasteiger partial charge on any atom is 0.158 e. The molecule has 0 spiro atoms. The summed E-state index contributed by atoms with van der Waals surface area (Å²) in [4.78, 5) is 9.70. The molecule has 216 valence electrons. The fourth-order valence-corrected chi connectivity index (χ4v) is 6.21. The molecule has 3 aromatic carbocycles. The molecule has 0 aliphatic carbocycles. The van der Waals surface area contributed by atoms with E-state index in [0.717, 1.165) is 89.4 Å². The SMILES string of the molecule is Fc1cc2c(cc1-c1cccc3[nH]ncc13)OC(c1cccc(-c3cccc4[nH]ncc34)n1)CN2CCN1CCOCC1. The number of aromatic nitrogens is 5. The van der Waals surface area contributed by atoms with Crippen LogP contribution in [0.3, 0.4) is 0 Å². The zero-order valence-electron chi connectivity index (χ0n) is 23.5. The highest BCUT2D eigenvalue weighted by Gasteiger charge is 2.30. The van der Waals surface area contributed by atoms with Gasteiger partial charge in [-0.2, -0.15) is 10.2 Å². The van der Waals surface area contributed by atoms with Gasteiger partial charge in [-0.25, -0.2) is 9.37 Å². The molecule has 9 nitrogen and oxygen atoms in total. The summed E-state index contributed by atoms with van der Waals surface area (Å²) in [5.74, 6) is 0.346. The van der Waals surface area contributed by atoms with Gasteiger partial charge in [0.1, 0.15) is 11.6 Å². The molecule has 1 atom stereocenters. The van der Waals surface area contributed by atoms with E-state index in [0.29, 0.717) is 17.9 Å². The predicted octanol–water partition coefficient (Wildman–Crippen LogP) is 5.58. The van der Waals surface area contributed by atoms with Gasteiger partial charge in [-0.3, -0.25) is 15.1 Å². The van der Waals surface area contributed by atoms with Crippen molar-refractivity contribution >= 4 is 27.5 Å². The molecule has 5 heterocycles. The quantitative estimate of drug-likeness (QED) is 0.268. The second kappa shape index (κ2) is 10.8. The second-order valence-corrected chi connectivity index (χ2v) is 11.0. The fourth-order valence-electron chi connectivity index (χ4n) is 6.21. The van der Waals surface area contributed by atoms with Gasteiger partial charge in [0, 0.05) is 54.1 Å². The molecule has 10 heteroatoms. The van der Waals surface area contributed by atoms with E-state index >= 15 is 4.39 Å². The highest BCUT2D eigenvalue weighted by Crippen LogP contribution is 2.43. The first-order chi connectivity index (χ1) is 21.2. The Labute approximate surface area is 247 Å². The number of ether oxygens (including phenoxy) is 2. The standard InChI is InChI=1S/C33H30FN7O2/c34-26-17-31-32(16-23(26)21-4-1-7-28-24(21)18-35-38-28)43-33(20-41(31)11-10-40-12-14-42-15-13-40)30-9-3-6-27(37-30)22-5-2-8-29-25(22)19-36-39-29/h1-9,16-19,33H,10-15,20H2,(H,35,38)(H,36,39). The number of benzene rings is 3. The van der Waals surface area contributed by atoms with Crippen LogP contribution in [0.2, 0.25) is 0 Å². The molecule has 3 aromatic heterocycles. The van der Waals surface area contributed by atoms with E-state index in [-0.39, 0.29) is 11.9 Å². The fraction of sp³-hybridized carbons (Fsp3) is 0.242. The smallest absolute Gasteiger partial charge is 0.158 e. The molecular weight excluding hydrogens is 545 g/mol. The summed E-state index contributed by atoms with van der Waals surface area (Å²) in [5, 5.41) is 16.3. The van der Waals surface area contributed by atoms with Crippen LogP contribution in [0.25, 0.3) is 44.2 Å². The average Bonchev–Trinajstić information content (AvgIpc) is 3.74. The monoisotopic (exact) mass is 575 g/mol. The van der Waals surface area contributed by atoms with Gasteiger partial charge in [-0.05, 0) is 35.9 Å². The third kappa shape index (κ3) is 4.78. The number of nitrogens with one attached hydrogen (secondary N) is 2. The van der Waals surface area contributed by atoms with Crippen LogP contribution in [0.4, 0.5) is 10.1 Å². The number of H-pyrrole nitrogens is 2. The lowest BCUT2D eigenvalue weighted by Gasteiger charge is -2.38. The topological polar surface area (TPSA) is 95.2 Å². The molecule has 0 radical (unpaired) electrons. The van der Waals surface area contributed by atoms with Crippen molar-refractivity contribution in [3.05, 3.63) is 90.6 Å². The summed E-state index contributed by atoms with van der Waals surface area (Å²) < 4.78 is 28.1. The summed E-state index contributed by atoms with van der Waals surface area (Å²) in [7, 11) is 0. The Kier molecular flexibility index (Phi) is 6.50. The molecule has 1 fully saturated rings. The van der Waals surface area contributed by atoms with Crippen molar-refractivity contribution in [2.24, 2.45) is 0 Å². The summed E-state index contributed by atoms with van der Waals surface area (Å²) in [6.07, 6.45) is 3.22. The molecule has 2 aliphatic rings. The Morgan fingerprint density at radius 2 is 1.53 bits per heavy atom. The summed E-state index contributed by atoms with van der Waals surface area (Å²) >= 11 is 0. The number of aromatic amines is 2. The number of morpholine rings is 1. The van der Waals surface area contributed by atoms with E-state index < -0.39 is 0 Å². The van der Waals surface area contributed by atoms with Gasteiger partial charge in [-0.1, -0.05) is 30.3 Å². The van der Waals surface area contributed by atoms with Gasteiger partial charge in [0.15, 0.2) is 6.10 Å². The number of hydrogen-bond acceptors (Lipinski definition) is 7. The van der Waals surface area contributed by atoms with E-state index in [4.69, 9.17) is 14.5 Å². The number of hydrogen-bond donors (Lipinski definition) is 2. The number of pyridine rings is 1. The third-order valence-corrected chi connectivity index (χ3v) is 8.47. The lowest BCUT2D eigenvalue weighted by atomic mass is 9.99. The van der Waals surface area contributed by atoms with Gasteiger partial charge in [0.05, 0.1) is 60.3 Å². The molecule has 2 aliphatic heterocycles. The lowest BCUT2D eigenvalue weighted by molar-refractivity contribution is 0.0388. The van der Waals surface area contributed by atoms with E-state index in [9.17, 15) is 0 Å². The Morgan fingerprint density at radius 1 is 0.814 bits per heavy atom. The maximum atomic E-state index is 15.9. The highest BCUT2D eigenvalue weighted by molar-refractivity contribution is 5.95. The Balaban J connectivity index is 1.18. The first-order valence-corrected chi connectivity index (χ1v) is 14.6. The number of nitrogens with zero attached hydrogens (tertiary/aromatic N) is 5. The predicted molar refractivity (Wildman–Crippen MR) is 164 cm³/mol. The van der Waals surface area contributed by atoms with Gasteiger partial charge in [0.25, 0.3) is 0 Å². The molecule has 1 saturated heterocycles. The van der Waals surface area contributed by atoms with Crippen molar-refractivity contribution in [2.75, 3.05) is 50.8 Å². The first-order valence-electron chi connectivity index (χ1n) is 14.6. The molecule has 0 amide bonds. The van der Waals surface area contributed by atoms with Crippen LogP contribution in [0, 0.1) is 5.82 Å². The minimum absolute atomic E-state index is 0.292. The van der Waals surface area contributed by atoms with Gasteiger partial charge >= 0.3 is 0 Å². The highest BCUT2D eigenvalue weighted by atomic mass is 19.1. The van der Waals surface area contributed by atoms with Crippen LogP contribution >= 0.6 is 0 Å². The summed E-state index contributed by atoms with van der Waals surface area (Å²) in [6, 6.07) is 21.3.